The summed E-state index contributed by atoms with van der Waals surface area (Å²) in [5.41, 5.74) is 1.17. The molecule has 1 aromatic rings. The number of hydrogen-bond acceptors (Lipinski definition) is 3. The lowest BCUT2D eigenvalue weighted by molar-refractivity contribution is 0.0952. The molecule has 0 aromatic heterocycles. The molecule has 0 fully saturated rings. The third-order valence-electron chi connectivity index (χ3n) is 3.16. The van der Waals surface area contributed by atoms with Crippen LogP contribution in [-0.2, 0) is 10.0 Å². The highest BCUT2D eigenvalue weighted by Crippen LogP contribution is 2.15. The van der Waals surface area contributed by atoms with Crippen LogP contribution in [0.1, 0.15) is 49.0 Å². The number of rotatable bonds is 8. The first-order valence-electron chi connectivity index (χ1n) is 7.31. The predicted octanol–water partition coefficient (Wildman–Crippen LogP) is 2.21. The fraction of sp³-hybridized carbons (Fsp3) is 0.533. The topological polar surface area (TPSA) is 75.3 Å². The lowest BCUT2D eigenvalue weighted by Gasteiger charge is -2.10. The van der Waals surface area contributed by atoms with Gasteiger partial charge < -0.3 is 5.32 Å². The number of nitrogens with one attached hydrogen (secondary N) is 2. The zero-order chi connectivity index (χ0) is 15.9. The Labute approximate surface area is 127 Å². The van der Waals surface area contributed by atoms with Gasteiger partial charge >= 0.3 is 0 Å². The lowest BCUT2D eigenvalue weighted by Crippen LogP contribution is -2.27. The van der Waals surface area contributed by atoms with Gasteiger partial charge in [0, 0.05) is 18.7 Å². The molecule has 118 valence electrons. The second kappa shape index (κ2) is 8.14. The number of sulfonamides is 1. The van der Waals surface area contributed by atoms with Crippen molar-refractivity contribution in [2.24, 2.45) is 0 Å². The van der Waals surface area contributed by atoms with E-state index in [0.717, 1.165) is 24.8 Å². The van der Waals surface area contributed by atoms with E-state index in [1.54, 1.807) is 19.9 Å². The molecule has 2 N–H and O–H groups in total. The summed E-state index contributed by atoms with van der Waals surface area (Å²) in [7, 11) is -3.54. The largest absolute Gasteiger partial charge is 0.352 e. The number of carbonyl (C=O) groups excluding carboxylic acids is 1. The Morgan fingerprint density at radius 1 is 1.19 bits per heavy atom. The van der Waals surface area contributed by atoms with Crippen LogP contribution in [0.25, 0.3) is 0 Å². The summed E-state index contributed by atoms with van der Waals surface area (Å²) >= 11 is 0. The maximum atomic E-state index is 12.1. The van der Waals surface area contributed by atoms with Crippen LogP contribution < -0.4 is 10.0 Å². The summed E-state index contributed by atoms with van der Waals surface area (Å²) < 4.78 is 26.4. The number of benzene rings is 1. The van der Waals surface area contributed by atoms with Crippen LogP contribution in [-0.4, -0.2) is 27.4 Å². The Balaban J connectivity index is 2.90. The summed E-state index contributed by atoms with van der Waals surface area (Å²) in [5, 5.41) is 2.83. The smallest absolute Gasteiger partial charge is 0.251 e. The van der Waals surface area contributed by atoms with Crippen LogP contribution in [0.15, 0.2) is 23.1 Å². The molecule has 0 saturated heterocycles. The van der Waals surface area contributed by atoms with Crippen molar-refractivity contribution in [1.82, 2.24) is 10.0 Å². The van der Waals surface area contributed by atoms with Crippen LogP contribution in [0, 0.1) is 6.92 Å². The van der Waals surface area contributed by atoms with E-state index in [4.69, 9.17) is 0 Å². The molecule has 21 heavy (non-hydrogen) atoms. The van der Waals surface area contributed by atoms with E-state index >= 15 is 0 Å². The van der Waals surface area contributed by atoms with Crippen LogP contribution in [0.3, 0.4) is 0 Å². The quantitative estimate of drug-likeness (QED) is 0.723. The molecule has 1 rings (SSSR count). The van der Waals surface area contributed by atoms with Crippen molar-refractivity contribution in [3.05, 3.63) is 29.3 Å². The zero-order valence-electron chi connectivity index (χ0n) is 12.9. The highest BCUT2D eigenvalue weighted by molar-refractivity contribution is 7.89. The Kier molecular flexibility index (Phi) is 6.84. The SMILES string of the molecule is CCCCCNC(=O)c1cc(S(=O)(=O)NCC)ccc1C. The van der Waals surface area contributed by atoms with Crippen molar-refractivity contribution >= 4 is 15.9 Å². The van der Waals surface area contributed by atoms with E-state index in [9.17, 15) is 13.2 Å². The van der Waals surface area contributed by atoms with E-state index < -0.39 is 10.0 Å². The summed E-state index contributed by atoms with van der Waals surface area (Å²) in [6, 6.07) is 4.61. The molecule has 6 heteroatoms. The lowest BCUT2D eigenvalue weighted by atomic mass is 10.1. The monoisotopic (exact) mass is 312 g/mol. The molecule has 0 heterocycles. The second-order valence-electron chi connectivity index (χ2n) is 4.94. The summed E-state index contributed by atoms with van der Waals surface area (Å²) in [6.45, 7) is 6.53. The number of aryl methyl sites for hydroxylation is 1. The van der Waals surface area contributed by atoms with Gasteiger partial charge in [-0.1, -0.05) is 32.8 Å². The molecule has 0 spiro atoms. The Morgan fingerprint density at radius 2 is 1.90 bits per heavy atom. The Bertz CT molecular complexity index is 583. The van der Waals surface area contributed by atoms with Gasteiger partial charge in [0.25, 0.3) is 5.91 Å². The van der Waals surface area contributed by atoms with Gasteiger partial charge in [0.1, 0.15) is 0 Å². The maximum Gasteiger partial charge on any atom is 0.251 e. The summed E-state index contributed by atoms with van der Waals surface area (Å²) in [6.07, 6.45) is 3.08. The van der Waals surface area contributed by atoms with Gasteiger partial charge in [-0.2, -0.15) is 0 Å². The predicted molar refractivity (Wildman–Crippen MR) is 83.9 cm³/mol. The molecule has 5 nitrogen and oxygen atoms in total. The molecule has 0 aliphatic rings. The van der Waals surface area contributed by atoms with E-state index in [2.05, 4.69) is 17.0 Å². The molecular formula is C15H24N2O3S. The van der Waals surface area contributed by atoms with Gasteiger partial charge in [-0.05, 0) is 31.0 Å². The van der Waals surface area contributed by atoms with Gasteiger partial charge in [0.2, 0.25) is 10.0 Å². The van der Waals surface area contributed by atoms with Crippen LogP contribution in [0.2, 0.25) is 0 Å². The van der Waals surface area contributed by atoms with Crippen molar-refractivity contribution in [2.75, 3.05) is 13.1 Å². The van der Waals surface area contributed by atoms with Crippen molar-refractivity contribution in [3.8, 4) is 0 Å². The third-order valence-corrected chi connectivity index (χ3v) is 4.71. The maximum absolute atomic E-state index is 12.1. The standard InChI is InChI=1S/C15H24N2O3S/c1-4-6-7-10-16-15(18)14-11-13(9-8-12(14)3)21(19,20)17-5-2/h8-9,11,17H,4-7,10H2,1-3H3,(H,16,18). The van der Waals surface area contributed by atoms with E-state index in [-0.39, 0.29) is 10.8 Å². The second-order valence-corrected chi connectivity index (χ2v) is 6.71. The molecule has 0 aliphatic carbocycles. The van der Waals surface area contributed by atoms with Crippen molar-refractivity contribution in [3.63, 3.8) is 0 Å². The summed E-state index contributed by atoms with van der Waals surface area (Å²) in [5.74, 6) is -0.225. The number of amides is 1. The molecule has 0 bridgehead atoms. The minimum atomic E-state index is -3.54. The van der Waals surface area contributed by atoms with Crippen molar-refractivity contribution in [2.45, 2.75) is 44.9 Å². The Morgan fingerprint density at radius 3 is 2.52 bits per heavy atom. The molecule has 0 atom stereocenters. The van der Waals surface area contributed by atoms with Gasteiger partial charge in [-0.25, -0.2) is 13.1 Å². The normalized spacial score (nSPS) is 11.4. The van der Waals surface area contributed by atoms with Gasteiger partial charge in [0.15, 0.2) is 0 Å². The molecule has 0 aliphatic heterocycles. The minimum absolute atomic E-state index is 0.119. The zero-order valence-corrected chi connectivity index (χ0v) is 13.7. The van der Waals surface area contributed by atoms with Gasteiger partial charge in [-0.3, -0.25) is 4.79 Å². The van der Waals surface area contributed by atoms with Crippen LogP contribution >= 0.6 is 0 Å². The van der Waals surface area contributed by atoms with Crippen LogP contribution in [0.4, 0.5) is 0 Å². The first kappa shape index (κ1) is 17.7. The minimum Gasteiger partial charge on any atom is -0.352 e. The first-order chi connectivity index (χ1) is 9.92. The molecule has 0 saturated carbocycles. The first-order valence-corrected chi connectivity index (χ1v) is 8.79. The van der Waals surface area contributed by atoms with Crippen molar-refractivity contribution in [1.29, 1.82) is 0 Å². The van der Waals surface area contributed by atoms with E-state index in [1.807, 2.05) is 0 Å². The Hall–Kier alpha value is -1.40. The number of carbonyl (C=O) groups is 1. The summed E-state index contributed by atoms with van der Waals surface area (Å²) in [4.78, 5) is 12.3. The van der Waals surface area contributed by atoms with Gasteiger partial charge in [-0.15, -0.1) is 0 Å². The average Bonchev–Trinajstić information content (AvgIpc) is 2.43. The fourth-order valence-corrected chi connectivity index (χ4v) is 3.03. The van der Waals surface area contributed by atoms with Crippen LogP contribution in [0.5, 0.6) is 0 Å². The van der Waals surface area contributed by atoms with E-state index in [0.29, 0.717) is 18.7 Å². The highest BCUT2D eigenvalue weighted by Gasteiger charge is 2.16. The molecule has 1 aromatic carbocycles. The number of hydrogen-bond donors (Lipinski definition) is 2. The molecule has 0 radical (unpaired) electrons. The average molecular weight is 312 g/mol. The molecule has 1 amide bonds. The molecule has 0 unspecified atom stereocenters. The van der Waals surface area contributed by atoms with Gasteiger partial charge in [0.05, 0.1) is 4.90 Å². The third kappa shape index (κ3) is 5.13. The molecular weight excluding hydrogens is 288 g/mol. The highest BCUT2D eigenvalue weighted by atomic mass is 32.2. The fourth-order valence-electron chi connectivity index (χ4n) is 1.96. The number of unbranched alkanes of at least 4 members (excludes halogenated alkanes) is 2. The van der Waals surface area contributed by atoms with Crippen molar-refractivity contribution < 1.29 is 13.2 Å². The van der Waals surface area contributed by atoms with E-state index in [1.165, 1.54) is 12.1 Å².